The van der Waals surface area contributed by atoms with E-state index in [2.05, 4.69) is 4.74 Å². The normalized spacial score (nSPS) is 19.4. The molecule has 1 aliphatic heterocycles. The molecule has 0 bridgehead atoms. The van der Waals surface area contributed by atoms with Gasteiger partial charge < -0.3 is 14.2 Å². The first-order valence-electron chi connectivity index (χ1n) is 5.22. The average molecular weight is 222 g/mol. The highest BCUT2D eigenvalue weighted by molar-refractivity contribution is 5.89. The summed E-state index contributed by atoms with van der Waals surface area (Å²) in [5, 5.41) is 0. The Labute approximate surface area is 94.1 Å². The number of carbonyl (C=O) groups excluding carboxylic acids is 1. The SMILES string of the molecule is COC(=O)c1cccc(O[C@H]2CCOC2)c1. The summed E-state index contributed by atoms with van der Waals surface area (Å²) in [6.07, 6.45) is 0.982. The van der Waals surface area contributed by atoms with Crippen LogP contribution in [0, 0.1) is 0 Å². The number of hydrogen-bond donors (Lipinski definition) is 0. The number of esters is 1. The Morgan fingerprint density at radius 1 is 1.50 bits per heavy atom. The summed E-state index contributed by atoms with van der Waals surface area (Å²) in [5.41, 5.74) is 0.499. The minimum atomic E-state index is -0.354. The molecule has 1 fully saturated rings. The Balaban J connectivity index is 2.06. The van der Waals surface area contributed by atoms with Crippen LogP contribution < -0.4 is 4.74 Å². The first kappa shape index (κ1) is 11.0. The molecule has 1 heterocycles. The van der Waals surface area contributed by atoms with Gasteiger partial charge in [0.25, 0.3) is 0 Å². The standard InChI is InChI=1S/C12H14O4/c1-14-12(13)9-3-2-4-10(7-9)16-11-5-6-15-8-11/h2-4,7,11H,5-6,8H2,1H3/t11-/m0/s1. The number of ether oxygens (including phenoxy) is 3. The first-order chi connectivity index (χ1) is 7.79. The van der Waals surface area contributed by atoms with Gasteiger partial charge in [-0.25, -0.2) is 4.79 Å². The molecule has 1 saturated heterocycles. The van der Waals surface area contributed by atoms with Gasteiger partial charge in [-0.3, -0.25) is 0 Å². The molecule has 1 aromatic carbocycles. The average Bonchev–Trinajstić information content (AvgIpc) is 2.81. The van der Waals surface area contributed by atoms with Gasteiger partial charge in [-0.2, -0.15) is 0 Å². The lowest BCUT2D eigenvalue weighted by molar-refractivity contribution is 0.0600. The highest BCUT2D eigenvalue weighted by Crippen LogP contribution is 2.18. The number of rotatable bonds is 3. The van der Waals surface area contributed by atoms with Crippen LogP contribution in [0.3, 0.4) is 0 Å². The maximum Gasteiger partial charge on any atom is 0.337 e. The summed E-state index contributed by atoms with van der Waals surface area (Å²) in [6, 6.07) is 6.98. The zero-order valence-electron chi connectivity index (χ0n) is 9.14. The summed E-state index contributed by atoms with van der Waals surface area (Å²) < 4.78 is 15.5. The Hall–Kier alpha value is -1.55. The molecule has 1 atom stereocenters. The highest BCUT2D eigenvalue weighted by Gasteiger charge is 2.17. The van der Waals surface area contributed by atoms with Gasteiger partial charge in [0.1, 0.15) is 11.9 Å². The maximum atomic E-state index is 11.3. The van der Waals surface area contributed by atoms with E-state index in [1.54, 1.807) is 18.2 Å². The zero-order valence-corrected chi connectivity index (χ0v) is 9.14. The fourth-order valence-corrected chi connectivity index (χ4v) is 1.61. The van der Waals surface area contributed by atoms with Gasteiger partial charge in [-0.1, -0.05) is 6.07 Å². The maximum absolute atomic E-state index is 11.3. The predicted molar refractivity (Wildman–Crippen MR) is 57.6 cm³/mol. The van der Waals surface area contributed by atoms with Crippen LogP contribution >= 0.6 is 0 Å². The largest absolute Gasteiger partial charge is 0.488 e. The first-order valence-corrected chi connectivity index (χ1v) is 5.22. The van der Waals surface area contributed by atoms with E-state index in [0.717, 1.165) is 13.0 Å². The second-order valence-electron chi connectivity index (χ2n) is 3.62. The van der Waals surface area contributed by atoms with Crippen LogP contribution in [-0.4, -0.2) is 32.4 Å². The van der Waals surface area contributed by atoms with Crippen LogP contribution in [-0.2, 0) is 9.47 Å². The molecule has 0 aliphatic carbocycles. The molecule has 0 saturated carbocycles. The second kappa shape index (κ2) is 4.99. The third kappa shape index (κ3) is 2.52. The van der Waals surface area contributed by atoms with Crippen molar-refractivity contribution in [3.63, 3.8) is 0 Å². The summed E-state index contributed by atoms with van der Waals surface area (Å²) in [4.78, 5) is 11.3. The summed E-state index contributed by atoms with van der Waals surface area (Å²) >= 11 is 0. The van der Waals surface area contributed by atoms with Crippen LogP contribution in [0.1, 0.15) is 16.8 Å². The van der Waals surface area contributed by atoms with Crippen molar-refractivity contribution in [2.45, 2.75) is 12.5 Å². The fourth-order valence-electron chi connectivity index (χ4n) is 1.61. The van der Waals surface area contributed by atoms with Gasteiger partial charge in [-0.15, -0.1) is 0 Å². The number of hydrogen-bond acceptors (Lipinski definition) is 4. The van der Waals surface area contributed by atoms with Crippen molar-refractivity contribution in [1.82, 2.24) is 0 Å². The molecule has 86 valence electrons. The van der Waals surface area contributed by atoms with Crippen LogP contribution in [0.2, 0.25) is 0 Å². The third-order valence-electron chi connectivity index (χ3n) is 2.45. The molecule has 0 amide bonds. The lowest BCUT2D eigenvalue weighted by Crippen LogP contribution is -2.15. The van der Waals surface area contributed by atoms with Crippen LogP contribution in [0.5, 0.6) is 5.75 Å². The molecule has 1 aromatic rings. The quantitative estimate of drug-likeness (QED) is 0.729. The Bertz CT molecular complexity index is 369. The van der Waals surface area contributed by atoms with Crippen molar-refractivity contribution in [3.05, 3.63) is 29.8 Å². The van der Waals surface area contributed by atoms with E-state index in [4.69, 9.17) is 9.47 Å². The molecule has 2 rings (SSSR count). The second-order valence-corrected chi connectivity index (χ2v) is 3.62. The van der Waals surface area contributed by atoms with Gasteiger partial charge in [0.15, 0.2) is 0 Å². The summed E-state index contributed by atoms with van der Waals surface area (Å²) in [6.45, 7) is 1.35. The number of carbonyl (C=O) groups is 1. The van der Waals surface area contributed by atoms with Crippen LogP contribution in [0.15, 0.2) is 24.3 Å². The number of methoxy groups -OCH3 is 1. The van der Waals surface area contributed by atoms with Crippen molar-refractivity contribution >= 4 is 5.97 Å². The topological polar surface area (TPSA) is 44.8 Å². The van der Waals surface area contributed by atoms with Gasteiger partial charge >= 0.3 is 5.97 Å². The zero-order chi connectivity index (χ0) is 11.4. The van der Waals surface area contributed by atoms with Gasteiger partial charge in [0, 0.05) is 6.42 Å². The lowest BCUT2D eigenvalue weighted by atomic mass is 10.2. The van der Waals surface area contributed by atoms with E-state index in [0.29, 0.717) is 17.9 Å². The van der Waals surface area contributed by atoms with Crippen molar-refractivity contribution in [3.8, 4) is 5.75 Å². The van der Waals surface area contributed by atoms with Crippen molar-refractivity contribution in [1.29, 1.82) is 0 Å². The molecule has 1 aliphatic rings. The van der Waals surface area contributed by atoms with E-state index < -0.39 is 0 Å². The van der Waals surface area contributed by atoms with Crippen LogP contribution in [0.25, 0.3) is 0 Å². The fraction of sp³-hybridized carbons (Fsp3) is 0.417. The van der Waals surface area contributed by atoms with Crippen LogP contribution in [0.4, 0.5) is 0 Å². The van der Waals surface area contributed by atoms with Crippen molar-refractivity contribution in [2.24, 2.45) is 0 Å². The Morgan fingerprint density at radius 3 is 3.06 bits per heavy atom. The molecule has 0 spiro atoms. The monoisotopic (exact) mass is 222 g/mol. The lowest BCUT2D eigenvalue weighted by Gasteiger charge is -2.12. The van der Waals surface area contributed by atoms with Gasteiger partial charge in [0.05, 0.1) is 25.9 Å². The summed E-state index contributed by atoms with van der Waals surface area (Å²) in [5.74, 6) is 0.325. The van der Waals surface area contributed by atoms with Gasteiger partial charge in [0.2, 0.25) is 0 Å². The molecular formula is C12H14O4. The van der Waals surface area contributed by atoms with E-state index in [-0.39, 0.29) is 12.1 Å². The molecule has 16 heavy (non-hydrogen) atoms. The van der Waals surface area contributed by atoms with Gasteiger partial charge in [-0.05, 0) is 18.2 Å². The third-order valence-corrected chi connectivity index (χ3v) is 2.45. The highest BCUT2D eigenvalue weighted by atomic mass is 16.5. The Morgan fingerprint density at radius 2 is 2.38 bits per heavy atom. The minimum absolute atomic E-state index is 0.0906. The number of benzene rings is 1. The summed E-state index contributed by atoms with van der Waals surface area (Å²) in [7, 11) is 1.36. The minimum Gasteiger partial charge on any atom is -0.488 e. The van der Waals surface area contributed by atoms with Crippen molar-refractivity contribution < 1.29 is 19.0 Å². The molecule has 0 aromatic heterocycles. The Kier molecular flexibility index (Phi) is 3.41. The van der Waals surface area contributed by atoms with E-state index in [1.807, 2.05) is 6.07 Å². The molecule has 0 N–H and O–H groups in total. The molecule has 4 heteroatoms. The molecule has 0 radical (unpaired) electrons. The smallest absolute Gasteiger partial charge is 0.337 e. The van der Waals surface area contributed by atoms with E-state index >= 15 is 0 Å². The molecule has 4 nitrogen and oxygen atoms in total. The molecular weight excluding hydrogens is 208 g/mol. The molecule has 0 unspecified atom stereocenters. The van der Waals surface area contributed by atoms with E-state index in [1.165, 1.54) is 7.11 Å². The predicted octanol–water partition coefficient (Wildman–Crippen LogP) is 1.64. The van der Waals surface area contributed by atoms with Crippen molar-refractivity contribution in [2.75, 3.05) is 20.3 Å². The van der Waals surface area contributed by atoms with E-state index in [9.17, 15) is 4.79 Å².